The van der Waals surface area contributed by atoms with E-state index in [1.165, 1.54) is 0 Å². The first-order chi connectivity index (χ1) is 14.6. The van der Waals surface area contributed by atoms with Crippen LogP contribution in [0, 0.1) is 0 Å². The summed E-state index contributed by atoms with van der Waals surface area (Å²) < 4.78 is 0. The Morgan fingerprint density at radius 3 is 1.37 bits per heavy atom. The van der Waals surface area contributed by atoms with E-state index in [0.29, 0.717) is 12.8 Å². The molecular weight excluding hydrogens is 376 g/mol. The minimum atomic E-state index is -0.0891. The van der Waals surface area contributed by atoms with Gasteiger partial charge in [0, 0.05) is 12.8 Å². The third-order valence-electron chi connectivity index (χ3n) is 4.64. The standard InChI is InChI=1S/C24H30N4O2/c1-19(21-13-7-5-8-14-21)25-27-23(29)17-11-3-4-12-18-24(30)28-26-20(2)22-15-9-6-10-16-22/h5-10,13-16H,3-4,11-12,17-18H2,1-2H3,(H,27,29)(H,28,30)/b25-19+,26-20+. The maximum absolute atomic E-state index is 11.9. The van der Waals surface area contributed by atoms with Crippen LogP contribution in [-0.4, -0.2) is 23.2 Å². The Morgan fingerprint density at radius 1 is 0.633 bits per heavy atom. The Hall–Kier alpha value is -3.28. The third-order valence-corrected chi connectivity index (χ3v) is 4.64. The fraction of sp³-hybridized carbons (Fsp3) is 0.333. The van der Waals surface area contributed by atoms with Gasteiger partial charge in [-0.05, 0) is 37.8 Å². The van der Waals surface area contributed by atoms with Gasteiger partial charge in [0.05, 0.1) is 11.4 Å². The molecule has 0 radical (unpaired) electrons. The van der Waals surface area contributed by atoms with Crippen LogP contribution in [0.25, 0.3) is 0 Å². The van der Waals surface area contributed by atoms with Crippen LogP contribution in [-0.2, 0) is 9.59 Å². The van der Waals surface area contributed by atoms with Gasteiger partial charge in [0.25, 0.3) is 0 Å². The number of hydrogen-bond acceptors (Lipinski definition) is 4. The second kappa shape index (κ2) is 13.0. The third kappa shape index (κ3) is 8.82. The molecule has 0 aromatic heterocycles. The quantitative estimate of drug-likeness (QED) is 0.329. The lowest BCUT2D eigenvalue weighted by atomic mass is 10.1. The van der Waals surface area contributed by atoms with Crippen LogP contribution in [0.15, 0.2) is 70.9 Å². The molecule has 0 unspecified atom stereocenters. The summed E-state index contributed by atoms with van der Waals surface area (Å²) in [4.78, 5) is 23.8. The van der Waals surface area contributed by atoms with Crippen molar-refractivity contribution in [3.05, 3.63) is 71.8 Å². The molecule has 0 spiro atoms. The van der Waals surface area contributed by atoms with Crippen LogP contribution >= 0.6 is 0 Å². The Kier molecular flexibility index (Phi) is 10.00. The fourth-order valence-corrected chi connectivity index (χ4v) is 2.82. The van der Waals surface area contributed by atoms with Gasteiger partial charge in [-0.25, -0.2) is 10.9 Å². The number of nitrogens with one attached hydrogen (secondary N) is 2. The van der Waals surface area contributed by atoms with Crippen molar-refractivity contribution in [2.45, 2.75) is 52.4 Å². The summed E-state index contributed by atoms with van der Waals surface area (Å²) in [7, 11) is 0. The van der Waals surface area contributed by atoms with Crippen LogP contribution in [0.2, 0.25) is 0 Å². The first kappa shape index (κ1) is 23.0. The van der Waals surface area contributed by atoms with Crippen molar-refractivity contribution >= 4 is 23.2 Å². The number of hydrogen-bond donors (Lipinski definition) is 2. The number of nitrogens with zero attached hydrogens (tertiary/aromatic N) is 2. The van der Waals surface area contributed by atoms with E-state index in [0.717, 1.165) is 48.2 Å². The monoisotopic (exact) mass is 406 g/mol. The van der Waals surface area contributed by atoms with Crippen LogP contribution in [0.1, 0.15) is 63.5 Å². The van der Waals surface area contributed by atoms with E-state index in [1.54, 1.807) is 0 Å². The molecule has 2 aromatic carbocycles. The molecule has 30 heavy (non-hydrogen) atoms. The van der Waals surface area contributed by atoms with Crippen LogP contribution < -0.4 is 10.9 Å². The topological polar surface area (TPSA) is 82.9 Å². The number of hydrazone groups is 2. The van der Waals surface area contributed by atoms with Crippen LogP contribution in [0.3, 0.4) is 0 Å². The molecule has 2 rings (SSSR count). The van der Waals surface area contributed by atoms with Gasteiger partial charge in [-0.15, -0.1) is 0 Å². The highest BCUT2D eigenvalue weighted by Crippen LogP contribution is 2.06. The zero-order chi connectivity index (χ0) is 21.6. The van der Waals surface area contributed by atoms with Crippen molar-refractivity contribution < 1.29 is 9.59 Å². The molecule has 0 saturated carbocycles. The van der Waals surface area contributed by atoms with E-state index in [4.69, 9.17) is 0 Å². The Balaban J connectivity index is 1.55. The zero-order valence-corrected chi connectivity index (χ0v) is 17.7. The lowest BCUT2D eigenvalue weighted by molar-refractivity contribution is -0.122. The van der Waals surface area contributed by atoms with Crippen molar-refractivity contribution in [2.24, 2.45) is 10.2 Å². The summed E-state index contributed by atoms with van der Waals surface area (Å²) >= 11 is 0. The van der Waals surface area contributed by atoms with Gasteiger partial charge in [-0.1, -0.05) is 73.5 Å². The molecular formula is C24H30N4O2. The molecule has 2 amide bonds. The summed E-state index contributed by atoms with van der Waals surface area (Å²) in [5, 5.41) is 8.28. The Bertz CT molecular complexity index is 788. The summed E-state index contributed by atoms with van der Waals surface area (Å²) in [6.07, 6.45) is 4.21. The molecule has 0 bridgehead atoms. The molecule has 158 valence electrons. The number of rotatable bonds is 11. The van der Waals surface area contributed by atoms with Crippen molar-refractivity contribution in [3.63, 3.8) is 0 Å². The van der Waals surface area contributed by atoms with Gasteiger partial charge >= 0.3 is 0 Å². The van der Waals surface area contributed by atoms with Gasteiger partial charge in [0.2, 0.25) is 11.8 Å². The van der Waals surface area contributed by atoms with Crippen molar-refractivity contribution in [2.75, 3.05) is 0 Å². The number of benzene rings is 2. The molecule has 2 N–H and O–H groups in total. The summed E-state index contributed by atoms with van der Waals surface area (Å²) in [5.41, 5.74) is 8.73. The second-order valence-electron chi connectivity index (χ2n) is 7.11. The minimum absolute atomic E-state index is 0.0891. The summed E-state index contributed by atoms with van der Waals surface area (Å²) in [6.45, 7) is 3.73. The zero-order valence-electron chi connectivity index (χ0n) is 17.7. The molecule has 0 atom stereocenters. The number of amides is 2. The largest absolute Gasteiger partial charge is 0.273 e. The van der Waals surface area contributed by atoms with Crippen molar-refractivity contribution in [1.82, 2.24) is 10.9 Å². The molecule has 0 aliphatic heterocycles. The molecule has 0 heterocycles. The normalized spacial score (nSPS) is 11.8. The molecule has 0 aliphatic rings. The Morgan fingerprint density at radius 2 is 1.00 bits per heavy atom. The Labute approximate surface area is 178 Å². The van der Waals surface area contributed by atoms with E-state index >= 15 is 0 Å². The fourth-order valence-electron chi connectivity index (χ4n) is 2.82. The first-order valence-corrected chi connectivity index (χ1v) is 10.3. The highest BCUT2D eigenvalue weighted by atomic mass is 16.2. The number of carbonyl (C=O) groups is 2. The predicted octanol–water partition coefficient (Wildman–Crippen LogP) is 4.41. The van der Waals surface area contributed by atoms with Gasteiger partial charge < -0.3 is 0 Å². The van der Waals surface area contributed by atoms with E-state index in [2.05, 4.69) is 21.1 Å². The molecule has 0 fully saturated rings. The lowest BCUT2D eigenvalue weighted by Crippen LogP contribution is -2.19. The van der Waals surface area contributed by atoms with Gasteiger partial charge in [-0.2, -0.15) is 10.2 Å². The molecule has 6 nitrogen and oxygen atoms in total. The average Bonchev–Trinajstić information content (AvgIpc) is 2.79. The average molecular weight is 407 g/mol. The van der Waals surface area contributed by atoms with Crippen LogP contribution in [0.5, 0.6) is 0 Å². The number of carbonyl (C=O) groups excluding carboxylic acids is 2. The SMILES string of the molecule is C/C(=N\NC(=O)CCCCCCC(=O)N/N=C(\C)c1ccccc1)c1ccccc1. The molecule has 2 aromatic rings. The maximum atomic E-state index is 11.9. The van der Waals surface area contributed by atoms with Crippen LogP contribution in [0.4, 0.5) is 0 Å². The van der Waals surface area contributed by atoms with Crippen molar-refractivity contribution in [1.29, 1.82) is 0 Å². The van der Waals surface area contributed by atoms with Gasteiger partial charge in [0.1, 0.15) is 0 Å². The van der Waals surface area contributed by atoms with E-state index in [9.17, 15) is 9.59 Å². The van der Waals surface area contributed by atoms with Gasteiger partial charge in [-0.3, -0.25) is 9.59 Å². The number of unbranched alkanes of at least 4 members (excludes halogenated alkanes) is 3. The predicted molar refractivity (Wildman–Crippen MR) is 121 cm³/mol. The minimum Gasteiger partial charge on any atom is -0.273 e. The highest BCUT2D eigenvalue weighted by molar-refractivity contribution is 5.99. The highest BCUT2D eigenvalue weighted by Gasteiger charge is 2.04. The lowest BCUT2D eigenvalue weighted by Gasteiger charge is -2.04. The molecule has 0 saturated heterocycles. The second-order valence-corrected chi connectivity index (χ2v) is 7.11. The molecule has 6 heteroatoms. The smallest absolute Gasteiger partial charge is 0.240 e. The van der Waals surface area contributed by atoms with E-state index in [-0.39, 0.29) is 11.8 Å². The van der Waals surface area contributed by atoms with Crippen molar-refractivity contribution in [3.8, 4) is 0 Å². The maximum Gasteiger partial charge on any atom is 0.240 e. The first-order valence-electron chi connectivity index (χ1n) is 10.3. The van der Waals surface area contributed by atoms with E-state index in [1.807, 2.05) is 74.5 Å². The van der Waals surface area contributed by atoms with E-state index < -0.39 is 0 Å². The molecule has 0 aliphatic carbocycles. The van der Waals surface area contributed by atoms with Gasteiger partial charge in [0.15, 0.2) is 0 Å². The summed E-state index contributed by atoms with van der Waals surface area (Å²) in [6, 6.07) is 19.5. The summed E-state index contributed by atoms with van der Waals surface area (Å²) in [5.74, 6) is -0.178.